The minimum Gasteiger partial charge on any atom is -0.342 e. The van der Waals surface area contributed by atoms with Gasteiger partial charge in [0, 0.05) is 26.7 Å². The Bertz CT molecular complexity index is 531. The maximum atomic E-state index is 12.7. The van der Waals surface area contributed by atoms with Gasteiger partial charge in [-0.05, 0) is 19.4 Å². The third kappa shape index (κ3) is 4.09. The molecule has 1 aliphatic heterocycles. The Morgan fingerprint density at radius 2 is 1.83 bits per heavy atom. The van der Waals surface area contributed by atoms with E-state index in [1.165, 1.54) is 4.90 Å². The van der Waals surface area contributed by atoms with Crippen LogP contribution >= 0.6 is 0 Å². The molecule has 1 heterocycles. The van der Waals surface area contributed by atoms with Gasteiger partial charge in [-0.1, -0.05) is 30.3 Å². The van der Waals surface area contributed by atoms with E-state index in [-0.39, 0.29) is 30.3 Å². The molecule has 1 saturated heterocycles. The highest BCUT2D eigenvalue weighted by atomic mass is 16.2. The Morgan fingerprint density at radius 3 is 2.43 bits per heavy atom. The molecule has 0 saturated carbocycles. The summed E-state index contributed by atoms with van der Waals surface area (Å²) >= 11 is 0. The van der Waals surface area contributed by atoms with Gasteiger partial charge in [0.25, 0.3) is 0 Å². The molecule has 0 radical (unpaired) electrons. The van der Waals surface area contributed by atoms with Crippen LogP contribution < -0.4 is 10.9 Å². The molecule has 126 valence electrons. The minimum absolute atomic E-state index is 0.0129. The first-order chi connectivity index (χ1) is 11.1. The number of amides is 2. The van der Waals surface area contributed by atoms with E-state index in [4.69, 9.17) is 0 Å². The van der Waals surface area contributed by atoms with Gasteiger partial charge in [0.2, 0.25) is 11.8 Å². The quantitative estimate of drug-likeness (QED) is 0.813. The third-order valence-corrected chi connectivity index (χ3v) is 4.32. The fourth-order valence-electron chi connectivity index (χ4n) is 2.94. The first-order valence-corrected chi connectivity index (χ1v) is 8.14. The van der Waals surface area contributed by atoms with Gasteiger partial charge >= 0.3 is 0 Å². The van der Waals surface area contributed by atoms with Crippen molar-refractivity contribution in [1.29, 1.82) is 0 Å². The van der Waals surface area contributed by atoms with Gasteiger partial charge in [-0.3, -0.25) is 15.0 Å². The molecule has 23 heavy (non-hydrogen) atoms. The lowest BCUT2D eigenvalue weighted by Gasteiger charge is -2.26. The van der Waals surface area contributed by atoms with E-state index < -0.39 is 0 Å². The Hall–Kier alpha value is -1.92. The van der Waals surface area contributed by atoms with Crippen LogP contribution in [0, 0.1) is 5.92 Å². The highest BCUT2D eigenvalue weighted by Crippen LogP contribution is 2.26. The van der Waals surface area contributed by atoms with Crippen LogP contribution in [0.25, 0.3) is 0 Å². The summed E-state index contributed by atoms with van der Waals surface area (Å²) in [5.41, 5.74) is 7.30. The van der Waals surface area contributed by atoms with E-state index in [1.54, 1.807) is 11.9 Å². The molecule has 1 aliphatic rings. The van der Waals surface area contributed by atoms with E-state index >= 15 is 0 Å². The van der Waals surface area contributed by atoms with Crippen LogP contribution in [0.5, 0.6) is 0 Å². The van der Waals surface area contributed by atoms with Crippen LogP contribution in [0.3, 0.4) is 0 Å². The van der Waals surface area contributed by atoms with Crippen LogP contribution in [-0.4, -0.2) is 54.8 Å². The molecule has 2 atom stereocenters. The van der Waals surface area contributed by atoms with Gasteiger partial charge in [0.1, 0.15) is 0 Å². The summed E-state index contributed by atoms with van der Waals surface area (Å²) in [4.78, 5) is 28.2. The van der Waals surface area contributed by atoms with Gasteiger partial charge in [0.15, 0.2) is 0 Å². The molecular formula is C17H26N4O2. The Balaban J connectivity index is 2.02. The fourth-order valence-corrected chi connectivity index (χ4v) is 2.94. The van der Waals surface area contributed by atoms with Gasteiger partial charge < -0.3 is 9.80 Å². The molecule has 1 aromatic carbocycles. The number of carbonyl (C=O) groups excluding carboxylic acids is 2. The second-order valence-electron chi connectivity index (χ2n) is 5.78. The van der Waals surface area contributed by atoms with E-state index in [0.29, 0.717) is 19.6 Å². The van der Waals surface area contributed by atoms with Crippen LogP contribution in [0.4, 0.5) is 0 Å². The van der Waals surface area contributed by atoms with Gasteiger partial charge in [0.05, 0.1) is 18.5 Å². The topological polar surface area (TPSA) is 64.7 Å². The number of benzene rings is 1. The lowest BCUT2D eigenvalue weighted by Crippen LogP contribution is -2.44. The lowest BCUT2D eigenvalue weighted by molar-refractivity contribution is -0.141. The van der Waals surface area contributed by atoms with Crippen LogP contribution in [0.1, 0.15) is 25.5 Å². The molecular weight excluding hydrogens is 292 g/mol. The molecule has 2 rings (SSSR count). The number of hydrogen-bond acceptors (Lipinski definition) is 4. The van der Waals surface area contributed by atoms with Crippen molar-refractivity contribution in [2.75, 3.05) is 33.2 Å². The number of nitrogens with zero attached hydrogens (tertiary/aromatic N) is 2. The SMILES string of the molecule is CCN(CC)C(=O)CN(C)C(=O)C1CNNC1c1ccccc1. The number of likely N-dealkylation sites (N-methyl/N-ethyl adjacent to an activating group) is 2. The van der Waals surface area contributed by atoms with Crippen LogP contribution in [-0.2, 0) is 9.59 Å². The van der Waals surface area contributed by atoms with E-state index in [9.17, 15) is 9.59 Å². The normalized spacial score (nSPS) is 20.3. The zero-order valence-electron chi connectivity index (χ0n) is 14.1. The number of hydrazine groups is 1. The highest BCUT2D eigenvalue weighted by Gasteiger charge is 2.36. The van der Waals surface area contributed by atoms with Crippen molar-refractivity contribution in [2.24, 2.45) is 5.92 Å². The summed E-state index contributed by atoms with van der Waals surface area (Å²) in [7, 11) is 1.70. The second kappa shape index (κ2) is 8.08. The maximum absolute atomic E-state index is 12.7. The van der Waals surface area contributed by atoms with Crippen molar-refractivity contribution >= 4 is 11.8 Å². The van der Waals surface area contributed by atoms with Gasteiger partial charge in [-0.25, -0.2) is 5.43 Å². The van der Waals surface area contributed by atoms with Crippen LogP contribution in [0.2, 0.25) is 0 Å². The highest BCUT2D eigenvalue weighted by molar-refractivity contribution is 5.86. The summed E-state index contributed by atoms with van der Waals surface area (Å²) < 4.78 is 0. The molecule has 0 bridgehead atoms. The number of rotatable bonds is 6. The average molecular weight is 318 g/mol. The Morgan fingerprint density at radius 1 is 1.17 bits per heavy atom. The summed E-state index contributed by atoms with van der Waals surface area (Å²) in [6.07, 6.45) is 0. The summed E-state index contributed by atoms with van der Waals surface area (Å²) in [6, 6.07) is 9.82. The predicted octanol–water partition coefficient (Wildman–Crippen LogP) is 0.779. The molecule has 0 aromatic heterocycles. The summed E-state index contributed by atoms with van der Waals surface area (Å²) in [5, 5.41) is 0. The molecule has 1 fully saturated rings. The standard InChI is InChI=1S/C17H26N4O2/c1-4-21(5-2)15(22)12-20(3)17(23)14-11-18-19-16(14)13-9-7-6-8-10-13/h6-10,14,16,18-19H,4-5,11-12H2,1-3H3. The molecule has 2 amide bonds. The first-order valence-electron chi connectivity index (χ1n) is 8.14. The number of hydrogen-bond donors (Lipinski definition) is 2. The summed E-state index contributed by atoms with van der Waals surface area (Å²) in [5.74, 6) is -0.246. The Kier molecular flexibility index (Phi) is 6.12. The smallest absolute Gasteiger partial charge is 0.242 e. The first kappa shape index (κ1) is 17.4. The van der Waals surface area contributed by atoms with Gasteiger partial charge in [-0.2, -0.15) is 0 Å². The monoisotopic (exact) mass is 318 g/mol. The molecule has 2 N–H and O–H groups in total. The lowest BCUT2D eigenvalue weighted by atomic mass is 9.94. The minimum atomic E-state index is -0.216. The van der Waals surface area contributed by atoms with Crippen molar-refractivity contribution < 1.29 is 9.59 Å². The van der Waals surface area contributed by atoms with Crippen molar-refractivity contribution in [3.63, 3.8) is 0 Å². The van der Waals surface area contributed by atoms with Crippen molar-refractivity contribution in [1.82, 2.24) is 20.7 Å². The molecule has 6 heteroatoms. The van der Waals surface area contributed by atoms with Crippen molar-refractivity contribution in [3.05, 3.63) is 35.9 Å². The fraction of sp³-hybridized carbons (Fsp3) is 0.529. The third-order valence-electron chi connectivity index (χ3n) is 4.32. The second-order valence-corrected chi connectivity index (χ2v) is 5.78. The maximum Gasteiger partial charge on any atom is 0.242 e. The summed E-state index contributed by atoms with van der Waals surface area (Å²) in [6.45, 7) is 5.90. The molecule has 1 aromatic rings. The Labute approximate surface area is 137 Å². The van der Waals surface area contributed by atoms with Gasteiger partial charge in [-0.15, -0.1) is 0 Å². The molecule has 6 nitrogen and oxygen atoms in total. The van der Waals surface area contributed by atoms with Crippen molar-refractivity contribution in [3.8, 4) is 0 Å². The van der Waals surface area contributed by atoms with Crippen LogP contribution in [0.15, 0.2) is 30.3 Å². The average Bonchev–Trinajstić information content (AvgIpc) is 3.05. The van der Waals surface area contributed by atoms with E-state index in [1.807, 2.05) is 44.2 Å². The largest absolute Gasteiger partial charge is 0.342 e. The number of nitrogens with one attached hydrogen (secondary N) is 2. The predicted molar refractivity (Wildman–Crippen MR) is 89.4 cm³/mol. The molecule has 0 aliphatic carbocycles. The zero-order valence-corrected chi connectivity index (χ0v) is 14.1. The van der Waals surface area contributed by atoms with E-state index in [0.717, 1.165) is 5.56 Å². The molecule has 2 unspecified atom stereocenters. The number of carbonyl (C=O) groups is 2. The van der Waals surface area contributed by atoms with Crippen molar-refractivity contribution in [2.45, 2.75) is 19.9 Å². The van der Waals surface area contributed by atoms with E-state index in [2.05, 4.69) is 10.9 Å². The zero-order chi connectivity index (χ0) is 16.8. The molecule has 0 spiro atoms.